The summed E-state index contributed by atoms with van der Waals surface area (Å²) in [5.41, 5.74) is 1.45. The summed E-state index contributed by atoms with van der Waals surface area (Å²) in [5, 5.41) is 0.679. The molecule has 0 spiro atoms. The lowest BCUT2D eigenvalue weighted by atomic mass is 9.81. The number of likely N-dealkylation sites (tertiary alicyclic amines) is 1. The second-order valence-corrected chi connectivity index (χ2v) is 7.74. The van der Waals surface area contributed by atoms with Gasteiger partial charge in [0.05, 0.1) is 12.0 Å². The highest BCUT2D eigenvalue weighted by Crippen LogP contribution is 2.38. The van der Waals surface area contributed by atoms with Crippen LogP contribution in [0.15, 0.2) is 36.7 Å². The third-order valence-electron chi connectivity index (χ3n) is 5.55. The summed E-state index contributed by atoms with van der Waals surface area (Å²) in [6, 6.07) is 5.97. The Bertz CT molecular complexity index is 961. The number of aromatic amines is 1. The van der Waals surface area contributed by atoms with E-state index in [1.807, 2.05) is 0 Å². The summed E-state index contributed by atoms with van der Waals surface area (Å²) in [6.45, 7) is 4.92. The Morgan fingerprint density at radius 1 is 1.19 bits per heavy atom. The van der Waals surface area contributed by atoms with E-state index in [4.69, 9.17) is 4.74 Å². The van der Waals surface area contributed by atoms with Gasteiger partial charge in [-0.15, -0.1) is 0 Å². The standard InChI is InChI=1S/C21H23F2N3O/c1-21(7-10-26(2)11-8-21)13-27-17-6-9-24-20-18(17)15(12-25-20)14-4-3-5-16(22)19(14)23/h3-6,9,12H,7-8,10-11,13H2,1-2H3,(H,24,25). The summed E-state index contributed by atoms with van der Waals surface area (Å²) >= 11 is 0. The number of ether oxygens (including phenoxy) is 1. The zero-order valence-corrected chi connectivity index (χ0v) is 15.6. The molecular formula is C21H23F2N3O. The van der Waals surface area contributed by atoms with Gasteiger partial charge in [-0.1, -0.05) is 19.1 Å². The highest BCUT2D eigenvalue weighted by atomic mass is 19.2. The quantitative estimate of drug-likeness (QED) is 0.728. The Kier molecular flexibility index (Phi) is 4.60. The zero-order chi connectivity index (χ0) is 19.0. The molecule has 142 valence electrons. The monoisotopic (exact) mass is 371 g/mol. The maximum absolute atomic E-state index is 14.3. The van der Waals surface area contributed by atoms with E-state index in [0.29, 0.717) is 29.0 Å². The molecule has 6 heteroatoms. The van der Waals surface area contributed by atoms with Gasteiger partial charge in [-0.2, -0.15) is 0 Å². The largest absolute Gasteiger partial charge is 0.492 e. The number of halogens is 2. The van der Waals surface area contributed by atoms with Gasteiger partial charge in [0.1, 0.15) is 11.4 Å². The number of rotatable bonds is 4. The van der Waals surface area contributed by atoms with Crippen LogP contribution >= 0.6 is 0 Å². The number of aromatic nitrogens is 2. The van der Waals surface area contributed by atoms with Crippen molar-refractivity contribution in [3.63, 3.8) is 0 Å². The first kappa shape index (κ1) is 17.9. The molecule has 3 aromatic rings. The van der Waals surface area contributed by atoms with Crippen molar-refractivity contribution in [3.05, 3.63) is 48.3 Å². The Hall–Kier alpha value is -2.47. The van der Waals surface area contributed by atoms with Gasteiger partial charge in [-0.05, 0) is 45.1 Å². The van der Waals surface area contributed by atoms with E-state index in [0.717, 1.165) is 32.0 Å². The summed E-state index contributed by atoms with van der Waals surface area (Å²) in [6.07, 6.45) is 5.45. The molecule has 27 heavy (non-hydrogen) atoms. The van der Waals surface area contributed by atoms with Crippen LogP contribution in [0.1, 0.15) is 19.8 Å². The van der Waals surface area contributed by atoms with E-state index in [1.165, 1.54) is 6.07 Å². The Balaban J connectivity index is 1.68. The number of hydrogen-bond donors (Lipinski definition) is 1. The minimum Gasteiger partial charge on any atom is -0.492 e. The van der Waals surface area contributed by atoms with E-state index in [2.05, 4.69) is 28.8 Å². The first-order valence-corrected chi connectivity index (χ1v) is 9.19. The molecule has 1 aliphatic rings. The topological polar surface area (TPSA) is 41.1 Å². The predicted molar refractivity (Wildman–Crippen MR) is 102 cm³/mol. The number of benzene rings is 1. The maximum Gasteiger partial charge on any atom is 0.166 e. The van der Waals surface area contributed by atoms with Crippen LogP contribution in [0.5, 0.6) is 5.75 Å². The Morgan fingerprint density at radius 2 is 1.96 bits per heavy atom. The fraction of sp³-hybridized carbons (Fsp3) is 0.381. The average Bonchev–Trinajstić information content (AvgIpc) is 3.10. The number of hydrogen-bond acceptors (Lipinski definition) is 3. The van der Waals surface area contributed by atoms with Gasteiger partial charge < -0.3 is 14.6 Å². The molecule has 0 unspecified atom stereocenters. The van der Waals surface area contributed by atoms with Crippen LogP contribution in [-0.2, 0) is 0 Å². The van der Waals surface area contributed by atoms with Gasteiger partial charge in [-0.25, -0.2) is 13.8 Å². The smallest absolute Gasteiger partial charge is 0.166 e. The molecule has 1 saturated heterocycles. The van der Waals surface area contributed by atoms with Crippen LogP contribution in [0.3, 0.4) is 0 Å². The Morgan fingerprint density at radius 3 is 2.74 bits per heavy atom. The number of nitrogens with one attached hydrogen (secondary N) is 1. The highest BCUT2D eigenvalue weighted by Gasteiger charge is 2.30. The maximum atomic E-state index is 14.3. The van der Waals surface area contributed by atoms with Gasteiger partial charge in [0, 0.05) is 28.9 Å². The second kappa shape index (κ2) is 6.93. The molecule has 1 fully saturated rings. The molecule has 0 saturated carbocycles. The molecule has 0 atom stereocenters. The van der Waals surface area contributed by atoms with Crippen molar-refractivity contribution < 1.29 is 13.5 Å². The minimum absolute atomic E-state index is 0.0999. The van der Waals surface area contributed by atoms with E-state index in [-0.39, 0.29) is 11.0 Å². The molecule has 0 radical (unpaired) electrons. The molecule has 4 rings (SSSR count). The fourth-order valence-electron chi connectivity index (χ4n) is 3.63. The molecule has 3 heterocycles. The van der Waals surface area contributed by atoms with Crippen LogP contribution in [0.25, 0.3) is 22.2 Å². The second-order valence-electron chi connectivity index (χ2n) is 7.74. The van der Waals surface area contributed by atoms with E-state index in [9.17, 15) is 8.78 Å². The first-order chi connectivity index (χ1) is 13.0. The lowest BCUT2D eigenvalue weighted by Gasteiger charge is -2.37. The van der Waals surface area contributed by atoms with E-state index in [1.54, 1.807) is 24.5 Å². The van der Waals surface area contributed by atoms with Gasteiger partial charge in [0.15, 0.2) is 11.6 Å². The summed E-state index contributed by atoms with van der Waals surface area (Å²) in [5.74, 6) is -1.09. The molecule has 0 aliphatic carbocycles. The number of nitrogens with zero attached hydrogens (tertiary/aromatic N) is 2. The van der Waals surface area contributed by atoms with Crippen LogP contribution in [0.4, 0.5) is 8.78 Å². The van der Waals surface area contributed by atoms with Crippen molar-refractivity contribution in [1.82, 2.24) is 14.9 Å². The summed E-state index contributed by atoms with van der Waals surface area (Å²) in [4.78, 5) is 9.67. The lowest BCUT2D eigenvalue weighted by Crippen LogP contribution is -2.39. The van der Waals surface area contributed by atoms with Crippen LogP contribution in [0, 0.1) is 17.0 Å². The van der Waals surface area contributed by atoms with Gasteiger partial charge in [-0.3, -0.25) is 0 Å². The van der Waals surface area contributed by atoms with Crippen LogP contribution < -0.4 is 4.74 Å². The zero-order valence-electron chi connectivity index (χ0n) is 15.6. The highest BCUT2D eigenvalue weighted by molar-refractivity contribution is 5.98. The van der Waals surface area contributed by atoms with E-state index >= 15 is 0 Å². The Labute approximate surface area is 157 Å². The molecule has 0 amide bonds. The fourth-order valence-corrected chi connectivity index (χ4v) is 3.63. The normalized spacial score (nSPS) is 17.3. The predicted octanol–water partition coefficient (Wildman–Crippen LogP) is 4.62. The number of pyridine rings is 1. The van der Waals surface area contributed by atoms with Gasteiger partial charge in [0.2, 0.25) is 0 Å². The van der Waals surface area contributed by atoms with Crippen molar-refractivity contribution >= 4 is 11.0 Å². The van der Waals surface area contributed by atoms with Gasteiger partial charge in [0.25, 0.3) is 0 Å². The number of H-pyrrole nitrogens is 1. The molecule has 0 bridgehead atoms. The number of fused-ring (bicyclic) bond motifs is 1. The minimum atomic E-state index is -0.868. The van der Waals surface area contributed by atoms with Crippen molar-refractivity contribution in [2.45, 2.75) is 19.8 Å². The first-order valence-electron chi connectivity index (χ1n) is 9.19. The van der Waals surface area contributed by atoms with Crippen molar-refractivity contribution in [2.24, 2.45) is 5.41 Å². The van der Waals surface area contributed by atoms with Gasteiger partial charge >= 0.3 is 0 Å². The van der Waals surface area contributed by atoms with Crippen LogP contribution in [0.2, 0.25) is 0 Å². The lowest BCUT2D eigenvalue weighted by molar-refractivity contribution is 0.0810. The average molecular weight is 371 g/mol. The summed E-state index contributed by atoms with van der Waals surface area (Å²) in [7, 11) is 2.13. The number of piperidine rings is 1. The van der Waals surface area contributed by atoms with Crippen LogP contribution in [-0.4, -0.2) is 41.6 Å². The molecule has 4 nitrogen and oxygen atoms in total. The summed E-state index contributed by atoms with van der Waals surface area (Å²) < 4.78 is 34.2. The van der Waals surface area contributed by atoms with Crippen molar-refractivity contribution in [1.29, 1.82) is 0 Å². The molecule has 1 N–H and O–H groups in total. The molecular weight excluding hydrogens is 348 g/mol. The third-order valence-corrected chi connectivity index (χ3v) is 5.55. The third kappa shape index (κ3) is 3.41. The van der Waals surface area contributed by atoms with E-state index < -0.39 is 11.6 Å². The SMILES string of the molecule is CN1CCC(C)(COc2ccnc3[nH]cc(-c4cccc(F)c4F)c23)CC1. The van der Waals surface area contributed by atoms with Crippen molar-refractivity contribution in [2.75, 3.05) is 26.7 Å². The molecule has 1 aromatic carbocycles. The van der Waals surface area contributed by atoms with Crippen molar-refractivity contribution in [3.8, 4) is 16.9 Å². The molecule has 1 aliphatic heterocycles. The molecule has 2 aromatic heterocycles.